The van der Waals surface area contributed by atoms with Crippen LogP contribution in [0.4, 0.5) is 0 Å². The smallest absolute Gasteiger partial charge is 0.191 e. The van der Waals surface area contributed by atoms with Gasteiger partial charge in [-0.2, -0.15) is 0 Å². The third-order valence-corrected chi connectivity index (χ3v) is 3.21. The minimum Gasteiger partial charge on any atom is -0.383 e. The van der Waals surface area contributed by atoms with E-state index in [1.54, 1.807) is 7.11 Å². The quantitative estimate of drug-likeness (QED) is 0.573. The summed E-state index contributed by atoms with van der Waals surface area (Å²) in [6.45, 7) is 5.79. The predicted octanol–water partition coefficient (Wildman–Crippen LogP) is 1.60. The fourth-order valence-electron chi connectivity index (χ4n) is 2.33. The molecule has 16 heavy (non-hydrogen) atoms. The maximum atomic E-state index is 6.06. The van der Waals surface area contributed by atoms with Crippen LogP contribution < -0.4 is 5.73 Å². The van der Waals surface area contributed by atoms with Crippen molar-refractivity contribution >= 4 is 5.96 Å². The summed E-state index contributed by atoms with van der Waals surface area (Å²) in [5.41, 5.74) is 6.06. The third-order valence-electron chi connectivity index (χ3n) is 3.21. The van der Waals surface area contributed by atoms with E-state index in [1.165, 1.54) is 25.7 Å². The van der Waals surface area contributed by atoms with E-state index < -0.39 is 0 Å². The lowest BCUT2D eigenvalue weighted by molar-refractivity contribution is 0.137. The number of guanidine groups is 1. The second-order valence-electron chi connectivity index (χ2n) is 4.52. The average Bonchev–Trinajstić information content (AvgIpc) is 2.71. The largest absolute Gasteiger partial charge is 0.383 e. The molecule has 0 radical (unpaired) electrons. The number of methoxy groups -OCH3 is 1. The number of nitrogens with zero attached hydrogens (tertiary/aromatic N) is 2. The number of nitrogens with two attached hydrogens (primary N) is 1. The van der Waals surface area contributed by atoms with E-state index in [-0.39, 0.29) is 0 Å². The molecule has 0 amide bonds. The minimum absolute atomic E-state index is 0.292. The van der Waals surface area contributed by atoms with Crippen molar-refractivity contribution in [2.45, 2.75) is 51.6 Å². The number of hydrogen-bond donors (Lipinski definition) is 1. The number of rotatable bonds is 5. The number of ether oxygens (including phenoxy) is 1. The highest BCUT2D eigenvalue weighted by Gasteiger charge is 2.18. The van der Waals surface area contributed by atoms with Crippen molar-refractivity contribution in [2.75, 3.05) is 20.3 Å². The van der Waals surface area contributed by atoms with Gasteiger partial charge in [-0.05, 0) is 26.7 Å². The van der Waals surface area contributed by atoms with Crippen LogP contribution in [0.5, 0.6) is 0 Å². The Hall–Kier alpha value is -0.770. The van der Waals surface area contributed by atoms with E-state index in [2.05, 4.69) is 23.7 Å². The van der Waals surface area contributed by atoms with Crippen LogP contribution in [0.2, 0.25) is 0 Å². The normalized spacial score (nSPS) is 20.1. The van der Waals surface area contributed by atoms with Crippen LogP contribution in [0.3, 0.4) is 0 Å². The Bertz CT molecular complexity index is 224. The van der Waals surface area contributed by atoms with Gasteiger partial charge in [-0.3, -0.25) is 0 Å². The summed E-state index contributed by atoms with van der Waals surface area (Å²) in [5, 5.41) is 0. The monoisotopic (exact) mass is 227 g/mol. The van der Waals surface area contributed by atoms with Crippen molar-refractivity contribution in [3.8, 4) is 0 Å². The van der Waals surface area contributed by atoms with Crippen LogP contribution in [-0.4, -0.2) is 43.2 Å². The molecule has 4 nitrogen and oxygen atoms in total. The summed E-state index contributed by atoms with van der Waals surface area (Å²) in [5.74, 6) is 0.680. The molecule has 1 unspecified atom stereocenters. The van der Waals surface area contributed by atoms with Gasteiger partial charge >= 0.3 is 0 Å². The van der Waals surface area contributed by atoms with Crippen molar-refractivity contribution in [1.29, 1.82) is 0 Å². The van der Waals surface area contributed by atoms with Crippen LogP contribution in [0, 0.1) is 0 Å². The Kier molecular flexibility index (Phi) is 5.60. The van der Waals surface area contributed by atoms with Crippen molar-refractivity contribution in [3.63, 3.8) is 0 Å². The van der Waals surface area contributed by atoms with Crippen LogP contribution in [-0.2, 0) is 4.74 Å². The summed E-state index contributed by atoms with van der Waals surface area (Å²) < 4.78 is 5.15. The average molecular weight is 227 g/mol. The molecule has 1 atom stereocenters. The summed E-state index contributed by atoms with van der Waals surface area (Å²) in [7, 11) is 1.72. The highest BCUT2D eigenvalue weighted by Crippen LogP contribution is 2.21. The predicted molar refractivity (Wildman–Crippen MR) is 67.6 cm³/mol. The lowest BCUT2D eigenvalue weighted by Gasteiger charge is -2.29. The van der Waals surface area contributed by atoms with E-state index in [0.717, 1.165) is 6.54 Å². The van der Waals surface area contributed by atoms with Gasteiger partial charge in [0.05, 0.1) is 18.7 Å². The molecule has 0 aromatic carbocycles. The van der Waals surface area contributed by atoms with Crippen molar-refractivity contribution in [3.05, 3.63) is 0 Å². The third kappa shape index (κ3) is 3.67. The van der Waals surface area contributed by atoms with Crippen molar-refractivity contribution < 1.29 is 4.74 Å². The molecule has 0 bridgehead atoms. The Labute approximate surface area is 98.9 Å². The Morgan fingerprint density at radius 3 is 2.62 bits per heavy atom. The zero-order valence-electron chi connectivity index (χ0n) is 10.8. The van der Waals surface area contributed by atoms with Gasteiger partial charge in [0.15, 0.2) is 5.96 Å². The number of likely N-dealkylation sites (N-methyl/N-ethyl adjacent to an activating group) is 1. The topological polar surface area (TPSA) is 50.8 Å². The fraction of sp³-hybridized carbons (Fsp3) is 0.917. The Morgan fingerprint density at radius 1 is 1.50 bits per heavy atom. The van der Waals surface area contributed by atoms with Gasteiger partial charge in [0, 0.05) is 13.7 Å². The summed E-state index contributed by atoms with van der Waals surface area (Å²) in [4.78, 5) is 6.73. The SMILES string of the molecule is CCN(C(N)=NC1CCCC1)C(C)COC. The molecule has 0 aromatic rings. The van der Waals surface area contributed by atoms with Gasteiger partial charge in [0.25, 0.3) is 0 Å². The lowest BCUT2D eigenvalue weighted by atomic mass is 10.2. The highest BCUT2D eigenvalue weighted by molar-refractivity contribution is 5.78. The molecule has 0 aromatic heterocycles. The lowest BCUT2D eigenvalue weighted by Crippen LogP contribution is -2.45. The van der Waals surface area contributed by atoms with E-state index in [0.29, 0.717) is 24.7 Å². The highest BCUT2D eigenvalue weighted by atomic mass is 16.5. The summed E-state index contributed by atoms with van der Waals surface area (Å²) in [6.07, 6.45) is 4.97. The van der Waals surface area contributed by atoms with Gasteiger partial charge in [0.2, 0.25) is 0 Å². The second-order valence-corrected chi connectivity index (χ2v) is 4.52. The Balaban J connectivity index is 2.56. The molecule has 0 saturated heterocycles. The molecule has 1 fully saturated rings. The van der Waals surface area contributed by atoms with Gasteiger partial charge < -0.3 is 15.4 Å². The maximum absolute atomic E-state index is 6.06. The number of aliphatic imine (C=N–C) groups is 1. The molecule has 0 aliphatic heterocycles. The fourth-order valence-corrected chi connectivity index (χ4v) is 2.33. The summed E-state index contributed by atoms with van der Waals surface area (Å²) >= 11 is 0. The molecule has 2 N–H and O–H groups in total. The number of hydrogen-bond acceptors (Lipinski definition) is 2. The first-order valence-corrected chi connectivity index (χ1v) is 6.27. The Morgan fingerprint density at radius 2 is 2.12 bits per heavy atom. The molecular formula is C12H25N3O. The van der Waals surface area contributed by atoms with Crippen LogP contribution in [0.25, 0.3) is 0 Å². The molecular weight excluding hydrogens is 202 g/mol. The van der Waals surface area contributed by atoms with Crippen molar-refractivity contribution in [1.82, 2.24) is 4.90 Å². The first kappa shape index (κ1) is 13.3. The second kappa shape index (κ2) is 6.74. The molecule has 4 heteroatoms. The minimum atomic E-state index is 0.292. The van der Waals surface area contributed by atoms with Crippen LogP contribution in [0.1, 0.15) is 39.5 Å². The first-order valence-electron chi connectivity index (χ1n) is 6.27. The molecule has 1 aliphatic rings. The van der Waals surface area contributed by atoms with Gasteiger partial charge in [-0.25, -0.2) is 4.99 Å². The molecule has 1 aliphatic carbocycles. The van der Waals surface area contributed by atoms with Crippen LogP contribution >= 0.6 is 0 Å². The molecule has 0 heterocycles. The zero-order chi connectivity index (χ0) is 12.0. The van der Waals surface area contributed by atoms with E-state index in [1.807, 2.05) is 0 Å². The zero-order valence-corrected chi connectivity index (χ0v) is 10.8. The summed E-state index contributed by atoms with van der Waals surface area (Å²) in [6, 6.07) is 0.740. The van der Waals surface area contributed by atoms with E-state index in [9.17, 15) is 0 Å². The van der Waals surface area contributed by atoms with Gasteiger partial charge in [0.1, 0.15) is 0 Å². The molecule has 1 saturated carbocycles. The van der Waals surface area contributed by atoms with Crippen molar-refractivity contribution in [2.24, 2.45) is 10.7 Å². The molecule has 0 spiro atoms. The molecule has 94 valence electrons. The van der Waals surface area contributed by atoms with Gasteiger partial charge in [-0.1, -0.05) is 12.8 Å². The van der Waals surface area contributed by atoms with E-state index in [4.69, 9.17) is 10.5 Å². The molecule has 1 rings (SSSR count). The standard InChI is InChI=1S/C12H25N3O/c1-4-15(10(2)9-16-3)12(13)14-11-7-5-6-8-11/h10-11H,4-9H2,1-3H3,(H2,13,14). The van der Waals surface area contributed by atoms with E-state index >= 15 is 0 Å². The van der Waals surface area contributed by atoms with Gasteiger partial charge in [-0.15, -0.1) is 0 Å². The van der Waals surface area contributed by atoms with Crippen LogP contribution in [0.15, 0.2) is 4.99 Å². The maximum Gasteiger partial charge on any atom is 0.191 e. The first-order chi connectivity index (χ1) is 7.69.